The van der Waals surface area contributed by atoms with Crippen LogP contribution >= 0.6 is 11.3 Å². The average molecular weight is 293 g/mol. The monoisotopic (exact) mass is 293 g/mol. The Kier molecular flexibility index (Phi) is 4.86. The topological polar surface area (TPSA) is 77.0 Å². The minimum Gasteiger partial charge on any atom is -0.330 e. The van der Waals surface area contributed by atoms with E-state index >= 15 is 0 Å². The molecule has 6 nitrogen and oxygen atoms in total. The highest BCUT2D eigenvalue weighted by Gasteiger charge is 2.22. The molecule has 7 heteroatoms. The van der Waals surface area contributed by atoms with Crippen LogP contribution in [0.3, 0.4) is 0 Å². The maximum absolute atomic E-state index is 12.5. The predicted molar refractivity (Wildman–Crippen MR) is 78.4 cm³/mol. The first kappa shape index (κ1) is 14.7. The third kappa shape index (κ3) is 3.43. The van der Waals surface area contributed by atoms with E-state index in [4.69, 9.17) is 5.73 Å². The SMILES string of the molecule is CC(C)N(Cc1cccs1)C(=O)c1cn(CCN)nn1. The molecule has 0 aliphatic carbocycles. The standard InChI is InChI=1S/C13H19N5OS/c1-10(2)18(8-11-4-3-7-20-11)13(19)12-9-17(6-5-14)16-15-12/h3-4,7,9-10H,5-6,8,14H2,1-2H3. The number of nitrogens with two attached hydrogens (primary N) is 1. The van der Waals surface area contributed by atoms with Gasteiger partial charge >= 0.3 is 0 Å². The van der Waals surface area contributed by atoms with E-state index in [1.54, 1.807) is 27.1 Å². The number of hydrogen-bond acceptors (Lipinski definition) is 5. The second-order valence-electron chi connectivity index (χ2n) is 4.76. The Morgan fingerprint density at radius 3 is 2.95 bits per heavy atom. The lowest BCUT2D eigenvalue weighted by atomic mass is 10.2. The Balaban J connectivity index is 2.13. The molecule has 0 aliphatic heterocycles. The van der Waals surface area contributed by atoms with E-state index in [9.17, 15) is 4.79 Å². The fourth-order valence-corrected chi connectivity index (χ4v) is 2.55. The van der Waals surface area contributed by atoms with Crippen molar-refractivity contribution >= 4 is 17.2 Å². The van der Waals surface area contributed by atoms with Gasteiger partial charge in [-0.1, -0.05) is 11.3 Å². The average Bonchev–Trinajstić information content (AvgIpc) is 3.06. The fraction of sp³-hybridized carbons (Fsp3) is 0.462. The van der Waals surface area contributed by atoms with Gasteiger partial charge in [0, 0.05) is 17.5 Å². The van der Waals surface area contributed by atoms with E-state index in [1.807, 2.05) is 31.4 Å². The van der Waals surface area contributed by atoms with Crippen LogP contribution in [0.5, 0.6) is 0 Å². The highest BCUT2D eigenvalue weighted by atomic mass is 32.1. The van der Waals surface area contributed by atoms with Crippen LogP contribution in [0, 0.1) is 0 Å². The molecular formula is C13H19N5OS. The summed E-state index contributed by atoms with van der Waals surface area (Å²) < 4.78 is 1.59. The van der Waals surface area contributed by atoms with Crippen LogP contribution in [0.1, 0.15) is 29.2 Å². The second kappa shape index (κ2) is 6.62. The van der Waals surface area contributed by atoms with Gasteiger partial charge in [-0.05, 0) is 25.3 Å². The maximum Gasteiger partial charge on any atom is 0.276 e. The molecule has 2 heterocycles. The summed E-state index contributed by atoms with van der Waals surface area (Å²) in [5.41, 5.74) is 5.83. The van der Waals surface area contributed by atoms with Crippen molar-refractivity contribution in [3.05, 3.63) is 34.3 Å². The summed E-state index contributed by atoms with van der Waals surface area (Å²) in [5, 5.41) is 9.85. The molecule has 0 aliphatic rings. The van der Waals surface area contributed by atoms with Gasteiger partial charge in [-0.25, -0.2) is 0 Å². The molecule has 0 bridgehead atoms. The zero-order chi connectivity index (χ0) is 14.5. The predicted octanol–water partition coefficient (Wildman–Crippen LogP) is 1.35. The Morgan fingerprint density at radius 2 is 2.35 bits per heavy atom. The van der Waals surface area contributed by atoms with Crippen molar-refractivity contribution in [3.63, 3.8) is 0 Å². The Bertz CT molecular complexity index is 549. The molecule has 1 amide bonds. The zero-order valence-electron chi connectivity index (χ0n) is 11.7. The quantitative estimate of drug-likeness (QED) is 0.872. The van der Waals surface area contributed by atoms with Gasteiger partial charge in [-0.3, -0.25) is 9.48 Å². The number of nitrogens with zero attached hydrogens (tertiary/aromatic N) is 4. The van der Waals surface area contributed by atoms with E-state index in [1.165, 1.54) is 0 Å². The summed E-state index contributed by atoms with van der Waals surface area (Å²) >= 11 is 1.64. The normalized spacial score (nSPS) is 11.0. The van der Waals surface area contributed by atoms with Crippen LogP contribution in [0.25, 0.3) is 0 Å². The minimum absolute atomic E-state index is 0.100. The first-order valence-electron chi connectivity index (χ1n) is 6.55. The third-order valence-corrected chi connectivity index (χ3v) is 3.77. The number of thiophene rings is 1. The van der Waals surface area contributed by atoms with E-state index in [0.29, 0.717) is 25.3 Å². The number of carbonyl (C=O) groups excluding carboxylic acids is 1. The first-order chi connectivity index (χ1) is 9.61. The molecule has 20 heavy (non-hydrogen) atoms. The van der Waals surface area contributed by atoms with Crippen molar-refractivity contribution in [1.29, 1.82) is 0 Å². The van der Waals surface area contributed by atoms with Crippen molar-refractivity contribution in [2.24, 2.45) is 5.73 Å². The summed E-state index contributed by atoms with van der Waals surface area (Å²) in [7, 11) is 0. The van der Waals surface area contributed by atoms with Crippen LogP contribution in [0.4, 0.5) is 0 Å². The molecule has 0 radical (unpaired) electrons. The van der Waals surface area contributed by atoms with Gasteiger partial charge in [0.05, 0.1) is 19.3 Å². The molecule has 0 fully saturated rings. The second-order valence-corrected chi connectivity index (χ2v) is 5.79. The summed E-state index contributed by atoms with van der Waals surface area (Å²) in [4.78, 5) is 15.5. The van der Waals surface area contributed by atoms with Crippen LogP contribution < -0.4 is 5.73 Å². The lowest BCUT2D eigenvalue weighted by Gasteiger charge is -2.25. The molecule has 108 valence electrons. The van der Waals surface area contributed by atoms with Crippen molar-refractivity contribution in [2.45, 2.75) is 33.0 Å². The molecule has 0 saturated heterocycles. The number of hydrogen-bond donors (Lipinski definition) is 1. The first-order valence-corrected chi connectivity index (χ1v) is 7.43. The molecule has 2 aromatic rings. The number of amides is 1. The highest BCUT2D eigenvalue weighted by molar-refractivity contribution is 7.09. The Labute approximate surface area is 122 Å². The third-order valence-electron chi connectivity index (χ3n) is 2.91. The van der Waals surface area contributed by atoms with Crippen molar-refractivity contribution < 1.29 is 4.79 Å². The van der Waals surface area contributed by atoms with Gasteiger partial charge in [0.25, 0.3) is 5.91 Å². The van der Waals surface area contributed by atoms with Crippen LogP contribution in [-0.2, 0) is 13.1 Å². The summed E-state index contributed by atoms with van der Waals surface area (Å²) in [6.45, 7) is 5.62. The van der Waals surface area contributed by atoms with Crippen LogP contribution in [0.15, 0.2) is 23.7 Å². The summed E-state index contributed by atoms with van der Waals surface area (Å²) in [5.74, 6) is -0.100. The molecule has 0 saturated carbocycles. The van der Waals surface area contributed by atoms with Gasteiger partial charge < -0.3 is 10.6 Å². The maximum atomic E-state index is 12.5. The van der Waals surface area contributed by atoms with E-state index in [-0.39, 0.29) is 11.9 Å². The Morgan fingerprint density at radius 1 is 1.55 bits per heavy atom. The van der Waals surface area contributed by atoms with Crippen LogP contribution in [0.2, 0.25) is 0 Å². The van der Waals surface area contributed by atoms with Gasteiger partial charge in [0.15, 0.2) is 5.69 Å². The number of carbonyl (C=O) groups is 1. The molecule has 2 N–H and O–H groups in total. The largest absolute Gasteiger partial charge is 0.330 e. The van der Waals surface area contributed by atoms with E-state index < -0.39 is 0 Å². The Hall–Kier alpha value is -1.73. The van der Waals surface area contributed by atoms with Crippen molar-refractivity contribution in [2.75, 3.05) is 6.54 Å². The minimum atomic E-state index is -0.100. The molecular weight excluding hydrogens is 274 g/mol. The highest BCUT2D eigenvalue weighted by Crippen LogP contribution is 2.16. The molecule has 2 rings (SSSR count). The molecule has 2 aromatic heterocycles. The molecule has 0 unspecified atom stereocenters. The molecule has 0 atom stereocenters. The summed E-state index contributed by atoms with van der Waals surface area (Å²) in [6, 6.07) is 4.11. The summed E-state index contributed by atoms with van der Waals surface area (Å²) in [6.07, 6.45) is 1.65. The van der Waals surface area contributed by atoms with E-state index in [0.717, 1.165) is 4.88 Å². The lowest BCUT2D eigenvalue weighted by Crippen LogP contribution is -2.36. The van der Waals surface area contributed by atoms with Gasteiger partial charge in [-0.15, -0.1) is 16.4 Å². The van der Waals surface area contributed by atoms with E-state index in [2.05, 4.69) is 10.3 Å². The van der Waals surface area contributed by atoms with Gasteiger partial charge in [0.1, 0.15) is 0 Å². The molecule has 0 spiro atoms. The van der Waals surface area contributed by atoms with Crippen LogP contribution in [-0.4, -0.2) is 38.4 Å². The van der Waals surface area contributed by atoms with Gasteiger partial charge in [0.2, 0.25) is 0 Å². The lowest BCUT2D eigenvalue weighted by molar-refractivity contribution is 0.0686. The fourth-order valence-electron chi connectivity index (χ4n) is 1.84. The number of rotatable bonds is 6. The smallest absolute Gasteiger partial charge is 0.276 e. The molecule has 0 aromatic carbocycles. The van der Waals surface area contributed by atoms with Crippen molar-refractivity contribution in [1.82, 2.24) is 19.9 Å². The zero-order valence-corrected chi connectivity index (χ0v) is 12.5. The van der Waals surface area contributed by atoms with Gasteiger partial charge in [-0.2, -0.15) is 0 Å². The van der Waals surface area contributed by atoms with Crippen molar-refractivity contribution in [3.8, 4) is 0 Å². The number of aromatic nitrogens is 3.